The molecular formula is C18H18N2O2. The summed E-state index contributed by atoms with van der Waals surface area (Å²) in [6, 6.07) is 15.2. The van der Waals surface area contributed by atoms with Crippen LogP contribution in [0.15, 0.2) is 61.2 Å². The molecule has 0 saturated carbocycles. The number of nitrogens with zero attached hydrogens (tertiary/aromatic N) is 1. The molecule has 0 fully saturated rings. The van der Waals surface area contributed by atoms with Gasteiger partial charge in [-0.2, -0.15) is 0 Å². The van der Waals surface area contributed by atoms with E-state index in [9.17, 15) is 4.79 Å². The monoisotopic (exact) mass is 294 g/mol. The van der Waals surface area contributed by atoms with Crippen molar-refractivity contribution in [3.63, 3.8) is 0 Å². The summed E-state index contributed by atoms with van der Waals surface area (Å²) in [5, 5.41) is 0. The van der Waals surface area contributed by atoms with Crippen LogP contribution >= 0.6 is 0 Å². The van der Waals surface area contributed by atoms with Gasteiger partial charge in [0.1, 0.15) is 5.75 Å². The lowest BCUT2D eigenvalue weighted by Gasteiger charge is -2.34. The van der Waals surface area contributed by atoms with E-state index in [-0.39, 0.29) is 5.91 Å². The molecule has 112 valence electrons. The van der Waals surface area contributed by atoms with Crippen molar-refractivity contribution in [1.29, 1.82) is 0 Å². The molecule has 1 atom stereocenters. The summed E-state index contributed by atoms with van der Waals surface area (Å²) in [5.41, 5.74) is 8.26. The summed E-state index contributed by atoms with van der Waals surface area (Å²) in [6.07, 6.45) is 1.08. The number of amides is 1. The molecule has 0 radical (unpaired) electrons. The minimum absolute atomic E-state index is 0.0842. The molecule has 1 amide bonds. The van der Waals surface area contributed by atoms with E-state index in [1.165, 1.54) is 0 Å². The first kappa shape index (κ1) is 14.4. The third-order valence-corrected chi connectivity index (χ3v) is 3.70. The number of carbonyl (C=O) groups is 1. The van der Waals surface area contributed by atoms with Crippen molar-refractivity contribution in [2.75, 3.05) is 11.4 Å². The fourth-order valence-corrected chi connectivity index (χ4v) is 2.60. The smallest absolute Gasteiger partial charge is 0.273 e. The van der Waals surface area contributed by atoms with Gasteiger partial charge >= 0.3 is 0 Å². The molecule has 0 aliphatic carbocycles. The summed E-state index contributed by atoms with van der Waals surface area (Å²) >= 11 is 0. The van der Waals surface area contributed by atoms with Crippen LogP contribution in [-0.2, 0) is 11.3 Å². The van der Waals surface area contributed by atoms with Crippen LogP contribution in [0, 0.1) is 0 Å². The highest BCUT2D eigenvalue weighted by Gasteiger charge is 2.34. The van der Waals surface area contributed by atoms with E-state index >= 15 is 0 Å². The van der Waals surface area contributed by atoms with Gasteiger partial charge in [0.05, 0.1) is 5.69 Å². The summed E-state index contributed by atoms with van der Waals surface area (Å²) in [7, 11) is 0. The van der Waals surface area contributed by atoms with Crippen LogP contribution in [0.3, 0.4) is 0 Å². The van der Waals surface area contributed by atoms with Crippen LogP contribution < -0.4 is 15.4 Å². The lowest BCUT2D eigenvalue weighted by Crippen LogP contribution is -2.41. The quantitative estimate of drug-likeness (QED) is 0.882. The number of nitrogens with two attached hydrogens (primary N) is 1. The van der Waals surface area contributed by atoms with E-state index in [4.69, 9.17) is 10.5 Å². The number of carbonyl (C=O) groups excluding carboxylic acids is 1. The largest absolute Gasteiger partial charge is 0.474 e. The van der Waals surface area contributed by atoms with Crippen molar-refractivity contribution in [2.45, 2.75) is 12.6 Å². The molecule has 1 unspecified atom stereocenters. The number of fused-ring (bicyclic) bond motifs is 1. The molecule has 0 aromatic heterocycles. The van der Waals surface area contributed by atoms with E-state index in [1.807, 2.05) is 48.5 Å². The van der Waals surface area contributed by atoms with Crippen LogP contribution in [0.1, 0.15) is 17.2 Å². The number of ether oxygens (including phenoxy) is 1. The third kappa shape index (κ3) is 2.49. The van der Waals surface area contributed by atoms with E-state index in [2.05, 4.69) is 6.58 Å². The van der Waals surface area contributed by atoms with Gasteiger partial charge in [-0.3, -0.25) is 4.79 Å². The van der Waals surface area contributed by atoms with Crippen LogP contribution in [0.25, 0.3) is 0 Å². The van der Waals surface area contributed by atoms with Crippen molar-refractivity contribution in [1.82, 2.24) is 0 Å². The summed E-state index contributed by atoms with van der Waals surface area (Å²) < 4.78 is 5.97. The van der Waals surface area contributed by atoms with E-state index in [1.54, 1.807) is 11.0 Å². The molecular weight excluding hydrogens is 276 g/mol. The lowest BCUT2D eigenvalue weighted by molar-refractivity contribution is -0.126. The average Bonchev–Trinajstić information content (AvgIpc) is 2.57. The molecule has 0 bridgehead atoms. The normalized spacial score (nSPS) is 16.9. The highest BCUT2D eigenvalue weighted by molar-refractivity contribution is 6.00. The molecule has 2 aromatic rings. The minimum Gasteiger partial charge on any atom is -0.474 e. The van der Waals surface area contributed by atoms with E-state index in [0.717, 1.165) is 16.8 Å². The number of anilines is 1. The molecule has 22 heavy (non-hydrogen) atoms. The van der Waals surface area contributed by atoms with E-state index < -0.39 is 6.10 Å². The SMILES string of the molecule is C=CCN1C(=O)C(c2ccccc2)Oc2cc(CN)ccc21. The molecule has 4 heteroatoms. The molecule has 0 spiro atoms. The first-order chi connectivity index (χ1) is 10.7. The van der Waals surface area contributed by atoms with Gasteiger partial charge in [-0.05, 0) is 17.7 Å². The topological polar surface area (TPSA) is 55.6 Å². The second-order valence-electron chi connectivity index (χ2n) is 5.15. The summed E-state index contributed by atoms with van der Waals surface area (Å²) in [5.74, 6) is 0.595. The van der Waals surface area contributed by atoms with Crippen molar-refractivity contribution in [2.24, 2.45) is 5.73 Å². The molecule has 1 aliphatic heterocycles. The zero-order valence-corrected chi connectivity index (χ0v) is 12.2. The number of hydrogen-bond acceptors (Lipinski definition) is 3. The fraction of sp³-hybridized carbons (Fsp3) is 0.167. The van der Waals surface area contributed by atoms with Gasteiger partial charge in [-0.25, -0.2) is 0 Å². The predicted octanol–water partition coefficient (Wildman–Crippen LogP) is 2.80. The molecule has 1 heterocycles. The standard InChI is InChI=1S/C18H18N2O2/c1-2-10-20-15-9-8-13(12-19)11-16(15)22-17(18(20)21)14-6-4-3-5-7-14/h2-9,11,17H,1,10,12,19H2. The first-order valence-corrected chi connectivity index (χ1v) is 7.21. The second-order valence-corrected chi connectivity index (χ2v) is 5.15. The summed E-state index contributed by atoms with van der Waals surface area (Å²) in [6.45, 7) is 4.62. The zero-order valence-electron chi connectivity index (χ0n) is 12.2. The zero-order chi connectivity index (χ0) is 15.5. The second kappa shape index (κ2) is 6.03. The third-order valence-electron chi connectivity index (χ3n) is 3.70. The Hall–Kier alpha value is -2.59. The molecule has 0 saturated heterocycles. The molecule has 2 aromatic carbocycles. The molecule has 2 N–H and O–H groups in total. The van der Waals surface area contributed by atoms with Crippen molar-refractivity contribution >= 4 is 11.6 Å². The Kier molecular flexibility index (Phi) is 3.94. The van der Waals surface area contributed by atoms with Gasteiger partial charge in [0.25, 0.3) is 5.91 Å². The Bertz CT molecular complexity index is 697. The average molecular weight is 294 g/mol. The highest BCUT2D eigenvalue weighted by atomic mass is 16.5. The molecule has 4 nitrogen and oxygen atoms in total. The number of benzene rings is 2. The number of hydrogen-bond donors (Lipinski definition) is 1. The molecule has 3 rings (SSSR count). The van der Waals surface area contributed by atoms with Crippen LogP contribution in [0.2, 0.25) is 0 Å². The molecule has 1 aliphatic rings. The van der Waals surface area contributed by atoms with Gasteiger partial charge < -0.3 is 15.4 Å². The van der Waals surface area contributed by atoms with Gasteiger partial charge in [-0.15, -0.1) is 6.58 Å². The van der Waals surface area contributed by atoms with Crippen LogP contribution in [0.5, 0.6) is 5.75 Å². The van der Waals surface area contributed by atoms with Gasteiger partial charge in [0.2, 0.25) is 6.10 Å². The van der Waals surface area contributed by atoms with Crippen LogP contribution in [-0.4, -0.2) is 12.5 Å². The maximum absolute atomic E-state index is 12.8. The van der Waals surface area contributed by atoms with Crippen molar-refractivity contribution in [3.8, 4) is 5.75 Å². The van der Waals surface area contributed by atoms with E-state index in [0.29, 0.717) is 18.8 Å². The van der Waals surface area contributed by atoms with Crippen molar-refractivity contribution < 1.29 is 9.53 Å². The fourth-order valence-electron chi connectivity index (χ4n) is 2.60. The minimum atomic E-state index is -0.637. The summed E-state index contributed by atoms with van der Waals surface area (Å²) in [4.78, 5) is 14.5. The Balaban J connectivity index is 2.06. The van der Waals surface area contributed by atoms with Crippen molar-refractivity contribution in [3.05, 3.63) is 72.3 Å². The lowest BCUT2D eigenvalue weighted by atomic mass is 10.0. The van der Waals surface area contributed by atoms with Gasteiger partial charge in [-0.1, -0.05) is 42.5 Å². The highest BCUT2D eigenvalue weighted by Crippen LogP contribution is 2.39. The van der Waals surface area contributed by atoms with Crippen LogP contribution in [0.4, 0.5) is 5.69 Å². The Morgan fingerprint density at radius 1 is 1.23 bits per heavy atom. The predicted molar refractivity (Wildman–Crippen MR) is 86.7 cm³/mol. The van der Waals surface area contributed by atoms with Gasteiger partial charge in [0, 0.05) is 18.7 Å². The maximum Gasteiger partial charge on any atom is 0.273 e. The Labute approximate surface area is 129 Å². The Morgan fingerprint density at radius 2 is 2.00 bits per heavy atom. The first-order valence-electron chi connectivity index (χ1n) is 7.21. The number of rotatable bonds is 4. The van der Waals surface area contributed by atoms with Gasteiger partial charge in [0.15, 0.2) is 0 Å². The Morgan fingerprint density at radius 3 is 2.68 bits per heavy atom. The maximum atomic E-state index is 12.8.